The number of halogens is 6. The van der Waals surface area contributed by atoms with E-state index in [2.05, 4.69) is 33.8 Å². The smallest absolute Gasteiger partial charge is 0.379 e. The maximum absolute atomic E-state index is 15.9. The molecule has 14 heteroatoms. The first-order valence-electron chi connectivity index (χ1n) is 14.8. The summed E-state index contributed by atoms with van der Waals surface area (Å²) in [5.74, 6) is -0.874. The lowest BCUT2D eigenvalue weighted by molar-refractivity contribution is -0.138. The molecule has 0 bridgehead atoms. The molecule has 2 atom stereocenters. The molecule has 3 aliphatic rings. The molecule has 3 aliphatic heterocycles. The van der Waals surface area contributed by atoms with Crippen molar-refractivity contribution in [1.29, 1.82) is 0 Å². The first-order chi connectivity index (χ1) is 21.3. The Morgan fingerprint density at radius 3 is 2.49 bits per heavy atom. The number of aromatic nitrogens is 3. The van der Waals surface area contributed by atoms with Gasteiger partial charge in [-0.1, -0.05) is 26.0 Å². The van der Waals surface area contributed by atoms with Gasteiger partial charge in [0.15, 0.2) is 12.0 Å². The summed E-state index contributed by atoms with van der Waals surface area (Å²) in [4.78, 5) is 19.4. The molecular weight excluding hydrogens is 602 g/mol. The van der Waals surface area contributed by atoms with Crippen LogP contribution in [0.1, 0.15) is 65.0 Å². The zero-order chi connectivity index (χ0) is 32.3. The van der Waals surface area contributed by atoms with Gasteiger partial charge >= 0.3 is 12.7 Å². The predicted molar refractivity (Wildman–Crippen MR) is 153 cm³/mol. The van der Waals surface area contributed by atoms with Crippen LogP contribution in [-0.2, 0) is 29.4 Å². The second-order valence-electron chi connectivity index (χ2n) is 12.5. The number of nitrogens with zero attached hydrogens (tertiary/aromatic N) is 6. The van der Waals surface area contributed by atoms with Crippen LogP contribution in [0, 0.1) is 5.92 Å². The standard InChI is InChI=1S/C31H34F6N6O2/c1-18(2)25-14-40(3)7-8-41(25)12-19-9-22-23(24(10-19)31(35,36)37)13-42(28(22)44)21-6-4-5-20(11-21)30(15-45-16-30)26(32)27-39-38-17-43(27)29(33)34/h4-6,9-11,17-18,25-26,29H,7-8,12-16H2,1-3H3/t25-,26?/m1/s1. The first-order valence-corrected chi connectivity index (χ1v) is 14.8. The number of likely N-dealkylation sites (N-methyl/N-ethyl adjacent to an activating group) is 1. The van der Waals surface area contributed by atoms with E-state index in [1.165, 1.54) is 11.0 Å². The second-order valence-corrected chi connectivity index (χ2v) is 12.5. The molecule has 0 saturated carbocycles. The Hall–Kier alpha value is -3.49. The van der Waals surface area contributed by atoms with Crippen LogP contribution in [0.5, 0.6) is 0 Å². The minimum absolute atomic E-state index is 0.0180. The average molecular weight is 637 g/mol. The number of ether oxygens (including phenoxy) is 1. The molecule has 2 fully saturated rings. The van der Waals surface area contributed by atoms with Crippen molar-refractivity contribution in [2.75, 3.05) is 44.8 Å². The summed E-state index contributed by atoms with van der Waals surface area (Å²) in [6.45, 7) is 3.06. The molecule has 0 aliphatic carbocycles. The van der Waals surface area contributed by atoms with E-state index in [9.17, 15) is 26.7 Å². The Labute approximate surface area is 256 Å². The van der Waals surface area contributed by atoms with Crippen molar-refractivity contribution in [3.8, 4) is 0 Å². The maximum Gasteiger partial charge on any atom is 0.416 e. The van der Waals surface area contributed by atoms with E-state index < -0.39 is 41.6 Å². The number of fused-ring (bicyclic) bond motifs is 1. The van der Waals surface area contributed by atoms with E-state index in [4.69, 9.17) is 4.74 Å². The van der Waals surface area contributed by atoms with Gasteiger partial charge in [0.1, 0.15) is 6.33 Å². The molecule has 0 spiro atoms. The fourth-order valence-electron chi connectivity index (χ4n) is 6.67. The van der Waals surface area contributed by atoms with E-state index in [0.717, 1.165) is 25.5 Å². The van der Waals surface area contributed by atoms with E-state index in [-0.39, 0.29) is 55.1 Å². The number of anilines is 1. The van der Waals surface area contributed by atoms with Gasteiger partial charge < -0.3 is 14.5 Å². The van der Waals surface area contributed by atoms with E-state index in [1.54, 1.807) is 24.3 Å². The van der Waals surface area contributed by atoms with Crippen LogP contribution in [0.15, 0.2) is 42.7 Å². The highest BCUT2D eigenvalue weighted by Gasteiger charge is 2.51. The molecule has 1 unspecified atom stereocenters. The molecule has 1 aromatic heterocycles. The van der Waals surface area contributed by atoms with Crippen molar-refractivity contribution in [2.24, 2.45) is 5.92 Å². The van der Waals surface area contributed by atoms with Crippen LogP contribution in [0.2, 0.25) is 0 Å². The van der Waals surface area contributed by atoms with Gasteiger partial charge in [0, 0.05) is 43.5 Å². The largest absolute Gasteiger partial charge is 0.416 e. The van der Waals surface area contributed by atoms with Gasteiger partial charge in [-0.2, -0.15) is 22.0 Å². The van der Waals surface area contributed by atoms with Crippen molar-refractivity contribution in [2.45, 2.75) is 57.3 Å². The number of benzene rings is 2. The minimum atomic E-state index is -4.69. The van der Waals surface area contributed by atoms with E-state index in [0.29, 0.717) is 22.2 Å². The highest BCUT2D eigenvalue weighted by atomic mass is 19.4. The first kappa shape index (κ1) is 31.5. The van der Waals surface area contributed by atoms with Crippen LogP contribution in [0.4, 0.5) is 32.0 Å². The predicted octanol–water partition coefficient (Wildman–Crippen LogP) is 5.60. The summed E-state index contributed by atoms with van der Waals surface area (Å²) in [6, 6.07) is 9.06. The van der Waals surface area contributed by atoms with Crippen LogP contribution >= 0.6 is 0 Å². The Kier molecular flexibility index (Phi) is 8.19. The molecule has 8 nitrogen and oxygen atoms in total. The van der Waals surface area contributed by atoms with Crippen molar-refractivity contribution in [3.05, 3.63) is 76.4 Å². The summed E-state index contributed by atoms with van der Waals surface area (Å²) in [6.07, 6.45) is -5.96. The summed E-state index contributed by atoms with van der Waals surface area (Å²) in [5, 5.41) is 7.01. The lowest BCUT2D eigenvalue weighted by atomic mass is 9.74. The topological polar surface area (TPSA) is 66.7 Å². The quantitative estimate of drug-likeness (QED) is 0.300. The normalized spacial score (nSPS) is 21.4. The van der Waals surface area contributed by atoms with Gasteiger partial charge in [-0.05, 0) is 53.9 Å². The summed E-state index contributed by atoms with van der Waals surface area (Å²) < 4.78 is 91.8. The monoisotopic (exact) mass is 636 g/mol. The molecule has 2 aromatic carbocycles. The van der Waals surface area contributed by atoms with E-state index in [1.807, 2.05) is 7.05 Å². The van der Waals surface area contributed by atoms with Crippen molar-refractivity contribution in [1.82, 2.24) is 24.6 Å². The van der Waals surface area contributed by atoms with Crippen molar-refractivity contribution < 1.29 is 35.9 Å². The van der Waals surface area contributed by atoms with Crippen LogP contribution < -0.4 is 4.90 Å². The number of carbonyl (C=O) groups is 1. The third-order valence-corrected chi connectivity index (χ3v) is 9.27. The lowest BCUT2D eigenvalue weighted by Crippen LogP contribution is -2.53. The molecular formula is C31H34F6N6O2. The maximum atomic E-state index is 15.9. The lowest BCUT2D eigenvalue weighted by Gasteiger charge is -2.44. The number of piperazine rings is 1. The second kappa shape index (κ2) is 11.7. The molecule has 45 heavy (non-hydrogen) atoms. The van der Waals surface area contributed by atoms with Gasteiger partial charge in [0.05, 0.1) is 30.7 Å². The molecule has 3 aromatic rings. The van der Waals surface area contributed by atoms with Gasteiger partial charge in [0.2, 0.25) is 0 Å². The van der Waals surface area contributed by atoms with Gasteiger partial charge in [-0.3, -0.25) is 14.3 Å². The Morgan fingerprint density at radius 2 is 1.84 bits per heavy atom. The molecule has 1 amide bonds. The van der Waals surface area contributed by atoms with Gasteiger partial charge in [0.25, 0.3) is 5.91 Å². The Balaban J connectivity index is 1.32. The zero-order valence-corrected chi connectivity index (χ0v) is 25.1. The third-order valence-electron chi connectivity index (χ3n) is 9.27. The number of carbonyl (C=O) groups excluding carboxylic acids is 1. The summed E-state index contributed by atoms with van der Waals surface area (Å²) >= 11 is 0. The van der Waals surface area contributed by atoms with Crippen LogP contribution in [-0.4, -0.2) is 76.4 Å². The minimum Gasteiger partial charge on any atom is -0.379 e. The highest BCUT2D eigenvalue weighted by Crippen LogP contribution is 2.47. The fourth-order valence-corrected chi connectivity index (χ4v) is 6.67. The van der Waals surface area contributed by atoms with Gasteiger partial charge in [-0.25, -0.2) is 4.39 Å². The number of hydrogen-bond acceptors (Lipinski definition) is 6. The summed E-state index contributed by atoms with van der Waals surface area (Å²) in [7, 11) is 2.02. The van der Waals surface area contributed by atoms with E-state index >= 15 is 4.39 Å². The van der Waals surface area contributed by atoms with Gasteiger partial charge in [-0.15, -0.1) is 10.2 Å². The van der Waals surface area contributed by atoms with Crippen molar-refractivity contribution >= 4 is 11.6 Å². The zero-order valence-electron chi connectivity index (χ0n) is 25.1. The average Bonchev–Trinajstić information content (AvgIpc) is 3.58. The molecule has 6 rings (SSSR count). The molecule has 0 N–H and O–H groups in total. The van der Waals surface area contributed by atoms with Crippen LogP contribution in [0.25, 0.3) is 0 Å². The molecule has 4 heterocycles. The van der Waals surface area contributed by atoms with Crippen molar-refractivity contribution in [3.63, 3.8) is 0 Å². The Bertz CT molecular complexity index is 1570. The number of hydrogen-bond donors (Lipinski definition) is 0. The van der Waals surface area contributed by atoms with Crippen LogP contribution in [0.3, 0.4) is 0 Å². The number of rotatable bonds is 8. The SMILES string of the molecule is CC(C)[C@H]1CN(C)CCN1Cc1cc2c(c(C(F)(F)F)c1)CN(c1cccc(C3(C(F)c4nncn4C(F)F)COC3)c1)C2=O. The Morgan fingerprint density at radius 1 is 1.09 bits per heavy atom. The summed E-state index contributed by atoms with van der Waals surface area (Å²) in [5.41, 5.74) is -1.36. The molecule has 0 radical (unpaired) electrons. The highest BCUT2D eigenvalue weighted by molar-refractivity contribution is 6.10. The molecule has 2 saturated heterocycles. The number of amides is 1. The number of alkyl halides is 6. The molecule has 242 valence electrons. The third kappa shape index (κ3) is 5.61. The fraction of sp³-hybridized carbons (Fsp3) is 0.516.